The molecular weight excluding hydrogens is 242 g/mol. The minimum absolute atomic E-state index is 0. The smallest absolute Gasteiger partial charge is 0.330 e. The first-order valence-electron chi connectivity index (χ1n) is 5.86. The number of aliphatic carboxylic acids is 1. The average molecular weight is 262 g/mol. The van der Waals surface area contributed by atoms with Crippen LogP contribution in [0.1, 0.15) is 40.0 Å². The Bertz CT molecular complexity index is 350. The van der Waals surface area contributed by atoms with Crippen molar-refractivity contribution < 1.29 is 14.7 Å². The SMILES string of the molecule is CC(C)(C)[C@@]1(C(=O)O)NC(=O)[C@@H]2CCC[C@@H]21.Cl. The lowest BCUT2D eigenvalue weighted by atomic mass is 9.66. The number of halogens is 1. The van der Waals surface area contributed by atoms with Crippen molar-refractivity contribution in [2.75, 3.05) is 0 Å². The molecule has 0 aromatic rings. The van der Waals surface area contributed by atoms with E-state index in [1.165, 1.54) is 0 Å². The highest BCUT2D eigenvalue weighted by molar-refractivity contribution is 5.94. The van der Waals surface area contributed by atoms with E-state index >= 15 is 0 Å². The summed E-state index contributed by atoms with van der Waals surface area (Å²) in [5, 5.41) is 12.3. The number of carbonyl (C=O) groups excluding carboxylic acids is 1. The Balaban J connectivity index is 0.00000144. The van der Waals surface area contributed by atoms with Gasteiger partial charge in [-0.1, -0.05) is 27.2 Å². The summed E-state index contributed by atoms with van der Waals surface area (Å²) in [6.07, 6.45) is 2.64. The molecule has 1 aliphatic carbocycles. The van der Waals surface area contributed by atoms with Gasteiger partial charge in [-0.2, -0.15) is 0 Å². The highest BCUT2D eigenvalue weighted by Gasteiger charge is 2.64. The van der Waals surface area contributed by atoms with Crippen molar-refractivity contribution >= 4 is 24.3 Å². The van der Waals surface area contributed by atoms with Gasteiger partial charge >= 0.3 is 5.97 Å². The number of carboxylic acids is 1. The van der Waals surface area contributed by atoms with Gasteiger partial charge in [0.25, 0.3) is 0 Å². The Morgan fingerprint density at radius 1 is 1.41 bits per heavy atom. The van der Waals surface area contributed by atoms with E-state index in [1.807, 2.05) is 20.8 Å². The second-order valence-electron chi connectivity index (χ2n) is 6.00. The fourth-order valence-electron chi connectivity index (χ4n) is 3.45. The summed E-state index contributed by atoms with van der Waals surface area (Å²) < 4.78 is 0. The number of carbonyl (C=O) groups is 2. The summed E-state index contributed by atoms with van der Waals surface area (Å²) in [4.78, 5) is 23.5. The van der Waals surface area contributed by atoms with Gasteiger partial charge in [0.2, 0.25) is 5.91 Å². The van der Waals surface area contributed by atoms with Gasteiger partial charge in [-0.25, -0.2) is 4.79 Å². The van der Waals surface area contributed by atoms with E-state index in [2.05, 4.69) is 5.32 Å². The first kappa shape index (κ1) is 14.3. The molecule has 1 saturated heterocycles. The first-order chi connectivity index (χ1) is 7.30. The van der Waals surface area contributed by atoms with Gasteiger partial charge in [0, 0.05) is 11.8 Å². The minimum atomic E-state index is -1.08. The molecule has 98 valence electrons. The topological polar surface area (TPSA) is 66.4 Å². The Hall–Kier alpha value is -0.770. The number of fused-ring (bicyclic) bond motifs is 1. The van der Waals surface area contributed by atoms with Crippen LogP contribution in [0.5, 0.6) is 0 Å². The number of hydrogen-bond acceptors (Lipinski definition) is 2. The molecule has 4 nitrogen and oxygen atoms in total. The lowest BCUT2D eigenvalue weighted by Crippen LogP contribution is -2.61. The maximum absolute atomic E-state index is 11.8. The predicted octanol–water partition coefficient (Wildman–Crippen LogP) is 1.82. The number of hydrogen-bond donors (Lipinski definition) is 2. The zero-order valence-electron chi connectivity index (χ0n) is 10.4. The fraction of sp³-hybridized carbons (Fsp3) is 0.833. The van der Waals surface area contributed by atoms with Crippen molar-refractivity contribution in [1.29, 1.82) is 0 Å². The van der Waals surface area contributed by atoms with Crippen molar-refractivity contribution in [3.8, 4) is 0 Å². The summed E-state index contributed by atoms with van der Waals surface area (Å²) in [6, 6.07) is 0. The second-order valence-corrected chi connectivity index (χ2v) is 6.00. The summed E-state index contributed by atoms with van der Waals surface area (Å²) in [6.45, 7) is 5.67. The van der Waals surface area contributed by atoms with Crippen molar-refractivity contribution in [3.05, 3.63) is 0 Å². The highest BCUT2D eigenvalue weighted by atomic mass is 35.5. The molecule has 0 unspecified atom stereocenters. The van der Waals surface area contributed by atoms with Crippen LogP contribution >= 0.6 is 12.4 Å². The zero-order valence-corrected chi connectivity index (χ0v) is 11.3. The predicted molar refractivity (Wildman–Crippen MR) is 66.0 cm³/mol. The van der Waals surface area contributed by atoms with E-state index in [9.17, 15) is 14.7 Å². The van der Waals surface area contributed by atoms with E-state index < -0.39 is 16.9 Å². The third kappa shape index (κ3) is 1.73. The molecule has 0 aromatic carbocycles. The molecule has 1 heterocycles. The number of nitrogens with one attached hydrogen (secondary N) is 1. The van der Waals surface area contributed by atoms with Crippen LogP contribution in [0, 0.1) is 17.3 Å². The van der Waals surface area contributed by atoms with Crippen LogP contribution in [0.2, 0.25) is 0 Å². The van der Waals surface area contributed by atoms with Crippen LogP contribution in [0.3, 0.4) is 0 Å². The van der Waals surface area contributed by atoms with Crippen molar-refractivity contribution in [2.45, 2.75) is 45.6 Å². The Morgan fingerprint density at radius 2 is 2.00 bits per heavy atom. The molecule has 1 amide bonds. The van der Waals surface area contributed by atoms with E-state index in [-0.39, 0.29) is 30.2 Å². The van der Waals surface area contributed by atoms with Crippen LogP contribution in [0.4, 0.5) is 0 Å². The van der Waals surface area contributed by atoms with Gasteiger partial charge in [-0.05, 0) is 18.3 Å². The van der Waals surface area contributed by atoms with Crippen molar-refractivity contribution in [2.24, 2.45) is 17.3 Å². The minimum Gasteiger partial charge on any atom is -0.479 e. The monoisotopic (exact) mass is 261 g/mol. The largest absolute Gasteiger partial charge is 0.479 e. The maximum atomic E-state index is 11.8. The van der Waals surface area contributed by atoms with E-state index in [0.29, 0.717) is 0 Å². The summed E-state index contributed by atoms with van der Waals surface area (Å²) in [5.74, 6) is -1.09. The standard InChI is InChI=1S/C12H19NO3.ClH/c1-11(2,3)12(10(15)16)8-6-4-5-7(8)9(14)13-12;/h7-8H,4-6H2,1-3H3,(H,13,14)(H,15,16);1H/t7-,8+,12-;/m1./s1. The molecule has 0 radical (unpaired) electrons. The average Bonchev–Trinajstić information content (AvgIpc) is 2.66. The normalized spacial score (nSPS) is 36.1. The third-order valence-corrected chi connectivity index (χ3v) is 4.25. The molecule has 5 heteroatoms. The van der Waals surface area contributed by atoms with Crippen molar-refractivity contribution in [1.82, 2.24) is 5.32 Å². The van der Waals surface area contributed by atoms with Crippen LogP contribution in [0.25, 0.3) is 0 Å². The van der Waals surface area contributed by atoms with E-state index in [0.717, 1.165) is 19.3 Å². The first-order valence-corrected chi connectivity index (χ1v) is 5.86. The van der Waals surface area contributed by atoms with Crippen LogP contribution < -0.4 is 5.32 Å². The lowest BCUT2D eigenvalue weighted by Gasteiger charge is -2.41. The number of rotatable bonds is 1. The molecular formula is C12H20ClNO3. The summed E-state index contributed by atoms with van der Waals surface area (Å²) in [5.41, 5.74) is -1.54. The van der Waals surface area contributed by atoms with Gasteiger partial charge in [-0.3, -0.25) is 4.79 Å². The molecule has 0 bridgehead atoms. The molecule has 3 atom stereocenters. The van der Waals surface area contributed by atoms with Crippen LogP contribution in [-0.2, 0) is 9.59 Å². The van der Waals surface area contributed by atoms with Gasteiger partial charge in [0.1, 0.15) is 5.54 Å². The second kappa shape index (κ2) is 4.16. The number of carboxylic acid groups (broad SMARTS) is 1. The van der Waals surface area contributed by atoms with Gasteiger partial charge < -0.3 is 10.4 Å². The molecule has 17 heavy (non-hydrogen) atoms. The molecule has 0 aromatic heterocycles. The lowest BCUT2D eigenvalue weighted by molar-refractivity contribution is -0.153. The maximum Gasteiger partial charge on any atom is 0.330 e. The Labute approximate surface area is 108 Å². The molecule has 2 aliphatic rings. The zero-order chi connectivity index (χ0) is 12.1. The summed E-state index contributed by atoms with van der Waals surface area (Å²) in [7, 11) is 0. The van der Waals surface area contributed by atoms with Gasteiger partial charge in [0.05, 0.1) is 0 Å². The fourth-order valence-corrected chi connectivity index (χ4v) is 3.45. The molecule has 2 rings (SSSR count). The van der Waals surface area contributed by atoms with Crippen LogP contribution in [-0.4, -0.2) is 22.5 Å². The Morgan fingerprint density at radius 3 is 2.47 bits per heavy atom. The van der Waals surface area contributed by atoms with E-state index in [1.54, 1.807) is 0 Å². The number of amides is 1. The van der Waals surface area contributed by atoms with Crippen LogP contribution in [0.15, 0.2) is 0 Å². The molecule has 1 aliphatic heterocycles. The van der Waals surface area contributed by atoms with Gasteiger partial charge in [-0.15, -0.1) is 12.4 Å². The third-order valence-electron chi connectivity index (χ3n) is 4.25. The molecule has 2 N–H and O–H groups in total. The molecule has 1 saturated carbocycles. The van der Waals surface area contributed by atoms with Gasteiger partial charge in [0.15, 0.2) is 0 Å². The van der Waals surface area contributed by atoms with E-state index in [4.69, 9.17) is 0 Å². The quantitative estimate of drug-likeness (QED) is 0.757. The highest BCUT2D eigenvalue weighted by Crippen LogP contribution is 2.51. The molecule has 0 spiro atoms. The summed E-state index contributed by atoms with van der Waals surface area (Å²) >= 11 is 0. The molecule has 2 fully saturated rings. The van der Waals surface area contributed by atoms with Crippen molar-refractivity contribution in [3.63, 3.8) is 0 Å². The Kier molecular flexibility index (Phi) is 3.50.